The van der Waals surface area contributed by atoms with Gasteiger partial charge < -0.3 is 16.2 Å². The van der Waals surface area contributed by atoms with E-state index in [9.17, 15) is 14.7 Å². The largest absolute Gasteiger partial charge is 0.378 e. The Morgan fingerprint density at radius 1 is 1.47 bits per heavy atom. The summed E-state index contributed by atoms with van der Waals surface area (Å²) >= 11 is 6.74. The van der Waals surface area contributed by atoms with E-state index in [0.717, 1.165) is 11.8 Å². The van der Waals surface area contributed by atoms with Gasteiger partial charge in [0.05, 0.1) is 0 Å². The summed E-state index contributed by atoms with van der Waals surface area (Å²) in [6, 6.07) is 4.61. The highest BCUT2D eigenvalue weighted by Gasteiger charge is 2.56. The molecule has 0 saturated heterocycles. The van der Waals surface area contributed by atoms with E-state index < -0.39 is 22.7 Å². The molecule has 2 aliphatic heterocycles. The minimum atomic E-state index is -2.01. The molecule has 2 amide bonds. The summed E-state index contributed by atoms with van der Waals surface area (Å²) in [5, 5.41) is 12.5. The van der Waals surface area contributed by atoms with Crippen LogP contribution in [0.4, 0.5) is 5.69 Å². The number of amidine groups is 1. The molecule has 98 valence electrons. The number of nitrogens with one attached hydrogen (secondary N) is 1. The van der Waals surface area contributed by atoms with Crippen molar-refractivity contribution in [3.05, 3.63) is 28.8 Å². The molecule has 0 saturated carbocycles. The van der Waals surface area contributed by atoms with Gasteiger partial charge in [-0.15, -0.1) is 0 Å². The highest BCUT2D eigenvalue weighted by atomic mass is 35.5. The SMILES string of the molecule is NC1=NC(=O)[C@@H]([C@]2(O)C(=O)Nc3ccc(Cl)cc32)S1. The van der Waals surface area contributed by atoms with Gasteiger partial charge in [0.2, 0.25) is 0 Å². The zero-order valence-electron chi connectivity index (χ0n) is 9.38. The first-order valence-electron chi connectivity index (χ1n) is 5.31. The number of anilines is 1. The van der Waals surface area contributed by atoms with E-state index in [1.807, 2.05) is 0 Å². The Morgan fingerprint density at radius 2 is 2.21 bits per heavy atom. The predicted octanol–water partition coefficient (Wildman–Crippen LogP) is 0.436. The standard InChI is InChI=1S/C11H8ClN3O3S/c12-4-1-2-6-5(3-4)11(18,9(17)14-6)7-8(16)15-10(13)19-7/h1-3,7,18H,(H,14,17)(H2,13,15,16)/t7-,11-/m0/s1. The summed E-state index contributed by atoms with van der Waals surface area (Å²) in [5.74, 6) is -1.31. The van der Waals surface area contributed by atoms with Gasteiger partial charge in [0.25, 0.3) is 11.8 Å². The molecule has 4 N–H and O–H groups in total. The molecule has 0 aromatic heterocycles. The van der Waals surface area contributed by atoms with Gasteiger partial charge in [0, 0.05) is 16.3 Å². The van der Waals surface area contributed by atoms with Crippen molar-refractivity contribution >= 4 is 46.0 Å². The quantitative estimate of drug-likeness (QED) is 0.697. The number of fused-ring (bicyclic) bond motifs is 1. The number of carbonyl (C=O) groups excluding carboxylic acids is 2. The Kier molecular flexibility index (Phi) is 2.60. The molecule has 1 aromatic rings. The normalized spacial score (nSPS) is 29.2. The van der Waals surface area contributed by atoms with Gasteiger partial charge in [0.1, 0.15) is 5.25 Å². The van der Waals surface area contributed by atoms with Crippen LogP contribution < -0.4 is 11.1 Å². The second kappa shape index (κ2) is 3.96. The molecule has 1 aromatic carbocycles. The van der Waals surface area contributed by atoms with Crippen LogP contribution in [0, 0.1) is 0 Å². The summed E-state index contributed by atoms with van der Waals surface area (Å²) in [4.78, 5) is 27.3. The number of aliphatic imine (C=N–C) groups is 1. The van der Waals surface area contributed by atoms with Gasteiger partial charge in [0.15, 0.2) is 10.8 Å². The van der Waals surface area contributed by atoms with Crippen LogP contribution in [0.2, 0.25) is 5.02 Å². The molecule has 0 aliphatic carbocycles. The Balaban J connectivity index is 2.13. The van der Waals surface area contributed by atoms with Crippen molar-refractivity contribution in [2.45, 2.75) is 10.9 Å². The Labute approximate surface area is 117 Å². The lowest BCUT2D eigenvalue weighted by atomic mass is 9.91. The van der Waals surface area contributed by atoms with E-state index in [4.69, 9.17) is 17.3 Å². The molecular formula is C11H8ClN3O3S. The van der Waals surface area contributed by atoms with E-state index >= 15 is 0 Å². The topological polar surface area (TPSA) is 105 Å². The van der Waals surface area contributed by atoms with Gasteiger partial charge in [-0.1, -0.05) is 23.4 Å². The molecule has 2 aliphatic rings. The van der Waals surface area contributed by atoms with E-state index in [2.05, 4.69) is 10.3 Å². The second-order valence-electron chi connectivity index (χ2n) is 4.20. The number of aliphatic hydroxyl groups is 1. The van der Waals surface area contributed by atoms with E-state index in [0.29, 0.717) is 10.7 Å². The van der Waals surface area contributed by atoms with E-state index in [1.54, 1.807) is 12.1 Å². The number of benzene rings is 1. The highest BCUT2D eigenvalue weighted by molar-refractivity contribution is 8.15. The highest BCUT2D eigenvalue weighted by Crippen LogP contribution is 2.45. The molecule has 8 heteroatoms. The lowest BCUT2D eigenvalue weighted by molar-refractivity contribution is -0.138. The number of rotatable bonds is 1. The van der Waals surface area contributed by atoms with Crippen molar-refractivity contribution in [2.75, 3.05) is 5.32 Å². The van der Waals surface area contributed by atoms with Crippen molar-refractivity contribution in [3.63, 3.8) is 0 Å². The number of thioether (sulfide) groups is 1. The van der Waals surface area contributed by atoms with Gasteiger partial charge in [-0.3, -0.25) is 9.59 Å². The molecule has 3 rings (SSSR count). The fourth-order valence-electron chi connectivity index (χ4n) is 2.17. The number of nitrogens with zero attached hydrogens (tertiary/aromatic N) is 1. The fourth-order valence-corrected chi connectivity index (χ4v) is 3.28. The third kappa shape index (κ3) is 1.66. The number of amides is 2. The molecule has 2 heterocycles. The van der Waals surface area contributed by atoms with Crippen LogP contribution in [0.25, 0.3) is 0 Å². The number of hydrogen-bond donors (Lipinski definition) is 3. The molecule has 2 atom stereocenters. The molecule has 0 bridgehead atoms. The van der Waals surface area contributed by atoms with Crippen LogP contribution in [0.1, 0.15) is 5.56 Å². The number of nitrogens with two attached hydrogens (primary N) is 1. The first kappa shape index (κ1) is 12.5. The van der Waals surface area contributed by atoms with Gasteiger partial charge in [-0.25, -0.2) is 0 Å². The van der Waals surface area contributed by atoms with Crippen molar-refractivity contribution in [1.29, 1.82) is 0 Å². The summed E-state index contributed by atoms with van der Waals surface area (Å²) in [6.45, 7) is 0. The first-order valence-corrected chi connectivity index (χ1v) is 6.57. The summed E-state index contributed by atoms with van der Waals surface area (Å²) < 4.78 is 0. The van der Waals surface area contributed by atoms with Crippen LogP contribution >= 0.6 is 23.4 Å². The van der Waals surface area contributed by atoms with Crippen molar-refractivity contribution in [3.8, 4) is 0 Å². The van der Waals surface area contributed by atoms with Crippen LogP contribution in [0.5, 0.6) is 0 Å². The monoisotopic (exact) mass is 297 g/mol. The van der Waals surface area contributed by atoms with Crippen molar-refractivity contribution in [1.82, 2.24) is 0 Å². The Hall–Kier alpha value is -1.57. The number of halogens is 1. The lowest BCUT2D eigenvalue weighted by Gasteiger charge is -2.25. The summed E-state index contributed by atoms with van der Waals surface area (Å²) in [7, 11) is 0. The maximum atomic E-state index is 12.0. The zero-order chi connectivity index (χ0) is 13.8. The Bertz CT molecular complexity index is 648. The molecule has 0 unspecified atom stereocenters. The molecular weight excluding hydrogens is 290 g/mol. The van der Waals surface area contributed by atoms with Crippen LogP contribution in [-0.2, 0) is 15.2 Å². The average molecular weight is 298 g/mol. The second-order valence-corrected chi connectivity index (χ2v) is 5.76. The van der Waals surface area contributed by atoms with Crippen molar-refractivity contribution in [2.24, 2.45) is 10.7 Å². The Morgan fingerprint density at radius 3 is 2.84 bits per heavy atom. The van der Waals surface area contributed by atoms with Gasteiger partial charge in [-0.2, -0.15) is 4.99 Å². The predicted molar refractivity (Wildman–Crippen MR) is 72.0 cm³/mol. The molecule has 6 nitrogen and oxygen atoms in total. The molecule has 0 radical (unpaired) electrons. The molecule has 0 spiro atoms. The van der Waals surface area contributed by atoms with Gasteiger partial charge >= 0.3 is 0 Å². The van der Waals surface area contributed by atoms with Gasteiger partial charge in [-0.05, 0) is 18.2 Å². The van der Waals surface area contributed by atoms with E-state index in [1.165, 1.54) is 6.07 Å². The lowest BCUT2D eigenvalue weighted by Crippen LogP contribution is -2.46. The first-order chi connectivity index (χ1) is 8.92. The summed E-state index contributed by atoms with van der Waals surface area (Å²) in [5.41, 5.74) is 4.14. The zero-order valence-corrected chi connectivity index (χ0v) is 11.0. The number of hydrogen-bond acceptors (Lipinski definition) is 5. The van der Waals surface area contributed by atoms with Crippen LogP contribution in [-0.4, -0.2) is 27.3 Å². The molecule has 0 fully saturated rings. The summed E-state index contributed by atoms with van der Waals surface area (Å²) in [6.07, 6.45) is 0. The minimum Gasteiger partial charge on any atom is -0.378 e. The van der Waals surface area contributed by atoms with Crippen LogP contribution in [0.3, 0.4) is 0 Å². The minimum absolute atomic E-state index is 0.0340. The third-order valence-electron chi connectivity index (χ3n) is 3.05. The fraction of sp³-hybridized carbons (Fsp3) is 0.182. The average Bonchev–Trinajstić information content (AvgIpc) is 2.80. The molecule has 19 heavy (non-hydrogen) atoms. The maximum Gasteiger partial charge on any atom is 0.265 e. The third-order valence-corrected chi connectivity index (χ3v) is 4.40. The smallest absolute Gasteiger partial charge is 0.265 e. The van der Waals surface area contributed by atoms with Crippen molar-refractivity contribution < 1.29 is 14.7 Å². The van der Waals surface area contributed by atoms with E-state index in [-0.39, 0.29) is 10.7 Å². The number of carbonyl (C=O) groups is 2. The van der Waals surface area contributed by atoms with Crippen LogP contribution in [0.15, 0.2) is 23.2 Å². The maximum absolute atomic E-state index is 12.0.